The number of amides is 1. The van der Waals surface area contributed by atoms with E-state index in [1.165, 1.54) is 24.3 Å². The Kier molecular flexibility index (Phi) is 5.49. The van der Waals surface area contributed by atoms with Crippen LogP contribution in [0.2, 0.25) is 0 Å². The van der Waals surface area contributed by atoms with Gasteiger partial charge in [0, 0.05) is 17.0 Å². The number of hydrogen-bond donors (Lipinski definition) is 2. The third-order valence-corrected chi connectivity index (χ3v) is 2.76. The number of rotatable bonds is 5. The van der Waals surface area contributed by atoms with Gasteiger partial charge < -0.3 is 11.1 Å². The molecule has 0 bridgehead atoms. The van der Waals surface area contributed by atoms with Crippen molar-refractivity contribution < 1.29 is 18.0 Å². The lowest BCUT2D eigenvalue weighted by Gasteiger charge is -2.07. The molecule has 0 unspecified atom stereocenters. The minimum Gasteiger partial charge on any atom is -0.352 e. The molecular weight excluding hydrogens is 265 g/mol. The summed E-state index contributed by atoms with van der Waals surface area (Å²) in [6.07, 6.45) is 0.660. The van der Waals surface area contributed by atoms with Gasteiger partial charge in [0.25, 0.3) is 5.91 Å². The van der Waals surface area contributed by atoms with Crippen molar-refractivity contribution in [2.75, 3.05) is 13.1 Å². The van der Waals surface area contributed by atoms with Gasteiger partial charge in [-0.15, -0.1) is 0 Å². The number of halogens is 3. The topological polar surface area (TPSA) is 55.1 Å². The molecule has 0 aromatic heterocycles. The van der Waals surface area contributed by atoms with E-state index in [2.05, 4.69) is 5.32 Å². The van der Waals surface area contributed by atoms with Crippen LogP contribution in [-0.2, 0) is 0 Å². The van der Waals surface area contributed by atoms with E-state index in [0.29, 0.717) is 25.1 Å². The van der Waals surface area contributed by atoms with Gasteiger partial charge in [-0.25, -0.2) is 0 Å². The summed E-state index contributed by atoms with van der Waals surface area (Å²) in [6.45, 7) is 0.926. The number of alkyl halides is 3. The first kappa shape index (κ1) is 14.8. The van der Waals surface area contributed by atoms with Crippen LogP contribution in [0.3, 0.4) is 0 Å². The molecule has 0 aliphatic heterocycles. The Hall–Kier alpha value is -1.21. The molecule has 0 spiro atoms. The van der Waals surface area contributed by atoms with Gasteiger partial charge in [0.05, 0.1) is 0 Å². The van der Waals surface area contributed by atoms with E-state index >= 15 is 0 Å². The Bertz CT molecular complexity index is 392. The van der Waals surface area contributed by atoms with Gasteiger partial charge in [-0.1, -0.05) is 0 Å². The first-order valence-corrected chi connectivity index (χ1v) is 6.08. The van der Waals surface area contributed by atoms with Crippen LogP contribution in [0, 0.1) is 0 Å². The fourth-order valence-corrected chi connectivity index (χ4v) is 1.75. The van der Waals surface area contributed by atoms with Crippen LogP contribution in [0.1, 0.15) is 16.8 Å². The second kappa shape index (κ2) is 6.65. The average Bonchev–Trinajstić information content (AvgIpc) is 2.28. The Balaban J connectivity index is 2.57. The number of carbonyl (C=O) groups excluding carboxylic acids is 1. The summed E-state index contributed by atoms with van der Waals surface area (Å²) in [7, 11) is 0. The van der Waals surface area contributed by atoms with E-state index in [1.54, 1.807) is 0 Å². The molecular formula is C11H13F3N2OS. The highest BCUT2D eigenvalue weighted by atomic mass is 32.2. The Morgan fingerprint density at radius 2 is 1.89 bits per heavy atom. The summed E-state index contributed by atoms with van der Waals surface area (Å²) in [5.41, 5.74) is 1.29. The van der Waals surface area contributed by atoms with Crippen molar-refractivity contribution in [2.45, 2.75) is 16.8 Å². The lowest BCUT2D eigenvalue weighted by atomic mass is 10.2. The zero-order chi connectivity index (χ0) is 13.6. The number of nitrogens with two attached hydrogens (primary N) is 1. The summed E-state index contributed by atoms with van der Waals surface area (Å²) in [4.78, 5) is 11.6. The third kappa shape index (κ3) is 5.42. The number of thioether (sulfide) groups is 1. The highest BCUT2D eigenvalue weighted by Crippen LogP contribution is 2.36. The molecule has 1 aromatic rings. The molecule has 0 saturated heterocycles. The zero-order valence-corrected chi connectivity index (χ0v) is 10.3. The average molecular weight is 278 g/mol. The highest BCUT2D eigenvalue weighted by Gasteiger charge is 2.29. The Morgan fingerprint density at radius 1 is 1.28 bits per heavy atom. The normalized spacial score (nSPS) is 11.3. The minimum absolute atomic E-state index is 0.0565. The zero-order valence-electron chi connectivity index (χ0n) is 9.46. The molecule has 18 heavy (non-hydrogen) atoms. The number of carbonyl (C=O) groups is 1. The van der Waals surface area contributed by atoms with E-state index in [4.69, 9.17) is 5.73 Å². The maximum atomic E-state index is 12.1. The summed E-state index contributed by atoms with van der Waals surface area (Å²) in [6, 6.07) is 5.28. The maximum absolute atomic E-state index is 12.1. The summed E-state index contributed by atoms with van der Waals surface area (Å²) in [5, 5.41) is 2.62. The van der Waals surface area contributed by atoms with Crippen LogP contribution in [-0.4, -0.2) is 24.5 Å². The van der Waals surface area contributed by atoms with Crippen LogP contribution in [0.25, 0.3) is 0 Å². The van der Waals surface area contributed by atoms with E-state index in [0.717, 1.165) is 0 Å². The van der Waals surface area contributed by atoms with Crippen molar-refractivity contribution in [1.82, 2.24) is 5.32 Å². The van der Waals surface area contributed by atoms with Crippen molar-refractivity contribution in [3.63, 3.8) is 0 Å². The largest absolute Gasteiger partial charge is 0.446 e. The monoisotopic (exact) mass is 278 g/mol. The molecule has 0 aliphatic carbocycles. The first-order chi connectivity index (χ1) is 8.42. The van der Waals surface area contributed by atoms with Crippen LogP contribution >= 0.6 is 11.8 Å². The van der Waals surface area contributed by atoms with Crippen LogP contribution < -0.4 is 11.1 Å². The number of hydrogen-bond acceptors (Lipinski definition) is 3. The molecule has 1 amide bonds. The smallest absolute Gasteiger partial charge is 0.352 e. The van der Waals surface area contributed by atoms with Crippen LogP contribution in [0.15, 0.2) is 29.2 Å². The molecule has 0 heterocycles. The van der Waals surface area contributed by atoms with Crippen molar-refractivity contribution in [3.05, 3.63) is 29.8 Å². The predicted octanol–water partition coefficient (Wildman–Crippen LogP) is 2.38. The standard InChI is InChI=1S/C11H13F3N2OS/c12-11(13,14)18-9-4-2-8(3-5-9)10(17)16-7-1-6-15/h2-5H,1,6-7,15H2,(H,16,17). The van der Waals surface area contributed by atoms with Gasteiger partial charge in [-0.05, 0) is 49.0 Å². The molecule has 3 nitrogen and oxygen atoms in total. The van der Waals surface area contributed by atoms with Crippen molar-refractivity contribution in [1.29, 1.82) is 0 Å². The lowest BCUT2D eigenvalue weighted by Crippen LogP contribution is -2.25. The summed E-state index contributed by atoms with van der Waals surface area (Å²) < 4.78 is 36.2. The third-order valence-electron chi connectivity index (χ3n) is 2.02. The van der Waals surface area contributed by atoms with Gasteiger partial charge in [-0.3, -0.25) is 4.79 Å². The molecule has 0 aliphatic rings. The van der Waals surface area contributed by atoms with Gasteiger partial charge in [0.2, 0.25) is 0 Å². The van der Waals surface area contributed by atoms with Gasteiger partial charge in [0.1, 0.15) is 0 Å². The molecule has 3 N–H and O–H groups in total. The molecule has 0 fully saturated rings. The quantitative estimate of drug-likeness (QED) is 0.642. The van der Waals surface area contributed by atoms with E-state index in [9.17, 15) is 18.0 Å². The second-order valence-corrected chi connectivity index (χ2v) is 4.61. The van der Waals surface area contributed by atoms with E-state index < -0.39 is 5.51 Å². The maximum Gasteiger partial charge on any atom is 0.446 e. The van der Waals surface area contributed by atoms with Crippen LogP contribution in [0.5, 0.6) is 0 Å². The number of benzene rings is 1. The van der Waals surface area contributed by atoms with Gasteiger partial charge >= 0.3 is 5.51 Å². The minimum atomic E-state index is -4.31. The molecule has 1 rings (SSSR count). The SMILES string of the molecule is NCCCNC(=O)c1ccc(SC(F)(F)F)cc1. The molecule has 1 aromatic carbocycles. The fourth-order valence-electron chi connectivity index (χ4n) is 1.21. The highest BCUT2D eigenvalue weighted by molar-refractivity contribution is 8.00. The van der Waals surface area contributed by atoms with Gasteiger partial charge in [-0.2, -0.15) is 13.2 Å². The van der Waals surface area contributed by atoms with Crippen LogP contribution in [0.4, 0.5) is 13.2 Å². The summed E-state index contributed by atoms with van der Waals surface area (Å²) in [5.74, 6) is -0.313. The lowest BCUT2D eigenvalue weighted by molar-refractivity contribution is -0.0328. The van der Waals surface area contributed by atoms with Crippen molar-refractivity contribution >= 4 is 17.7 Å². The predicted molar refractivity (Wildman–Crippen MR) is 64.4 cm³/mol. The summed E-state index contributed by atoms with van der Waals surface area (Å²) >= 11 is -0.206. The molecule has 0 atom stereocenters. The second-order valence-electron chi connectivity index (χ2n) is 3.47. The Morgan fingerprint density at radius 3 is 2.39 bits per heavy atom. The van der Waals surface area contributed by atoms with E-state index in [-0.39, 0.29) is 22.6 Å². The van der Waals surface area contributed by atoms with Crippen molar-refractivity contribution in [2.24, 2.45) is 5.73 Å². The number of nitrogens with one attached hydrogen (secondary N) is 1. The van der Waals surface area contributed by atoms with E-state index in [1.807, 2.05) is 0 Å². The molecule has 100 valence electrons. The molecule has 0 radical (unpaired) electrons. The molecule has 0 saturated carbocycles. The van der Waals surface area contributed by atoms with Gasteiger partial charge in [0.15, 0.2) is 0 Å². The first-order valence-electron chi connectivity index (χ1n) is 5.26. The van der Waals surface area contributed by atoms with Crippen molar-refractivity contribution in [3.8, 4) is 0 Å². The fraction of sp³-hybridized carbons (Fsp3) is 0.364. The Labute approximate surface area is 107 Å². The molecule has 7 heteroatoms.